The van der Waals surface area contributed by atoms with Crippen LogP contribution in [0.2, 0.25) is 0 Å². The molecule has 7 nitrogen and oxygen atoms in total. The molecule has 0 unspecified atom stereocenters. The average molecular weight is 605 g/mol. The van der Waals surface area contributed by atoms with Gasteiger partial charge >= 0.3 is 0 Å². The molecule has 1 heterocycles. The van der Waals surface area contributed by atoms with Gasteiger partial charge in [-0.3, -0.25) is 14.3 Å². The Morgan fingerprint density at radius 1 is 0.698 bits per heavy atom. The van der Waals surface area contributed by atoms with Gasteiger partial charge in [0, 0.05) is 22.9 Å². The first kappa shape index (κ1) is 29.5. The van der Waals surface area contributed by atoms with E-state index in [0.29, 0.717) is 22.4 Å². The van der Waals surface area contributed by atoms with Crippen molar-refractivity contribution in [3.8, 4) is 28.3 Å². The summed E-state index contributed by atoms with van der Waals surface area (Å²) in [4.78, 5) is 26.1. The van der Waals surface area contributed by atoms with Crippen molar-refractivity contribution in [2.75, 3.05) is 12.9 Å². The molecule has 0 amide bonds. The summed E-state index contributed by atoms with van der Waals surface area (Å²) in [5, 5.41) is 4.49. The summed E-state index contributed by atoms with van der Waals surface area (Å²) in [5.41, 5.74) is 1.94. The van der Waals surface area contributed by atoms with Crippen molar-refractivity contribution >= 4 is 21.4 Å². The molecule has 0 aliphatic carbocycles. The number of aromatic nitrogens is 2. The second-order valence-corrected chi connectivity index (χ2v) is 11.7. The van der Waals surface area contributed by atoms with E-state index in [0.717, 1.165) is 30.5 Å². The predicted octanol–water partition coefficient (Wildman–Crippen LogP) is 6.18. The summed E-state index contributed by atoms with van der Waals surface area (Å²) in [5.74, 6) is -2.47. The Bertz CT molecular complexity index is 1900. The van der Waals surface area contributed by atoms with Gasteiger partial charge in [0.25, 0.3) is 0 Å². The van der Waals surface area contributed by atoms with Crippen LogP contribution in [0.3, 0.4) is 0 Å². The Balaban J connectivity index is 1.63. The standard InChI is InChI=1S/C32H23F3N2O5S/c1-43(40,41)27-16-8-22(9-17-27)30-31(23-6-14-26(35)15-7-23)37(18-28(38)20-2-10-24(33)11-3-20)36-32(30)42-19-29(39)21-4-12-25(34)13-5-21/h2-17H,18-19H2,1H3. The largest absolute Gasteiger partial charge is 0.468 e. The van der Waals surface area contributed by atoms with E-state index in [1.165, 1.54) is 77.5 Å². The van der Waals surface area contributed by atoms with Gasteiger partial charge in [-0.15, -0.1) is 5.10 Å². The maximum atomic E-state index is 13.9. The Kier molecular flexibility index (Phi) is 8.27. The van der Waals surface area contributed by atoms with Crippen LogP contribution in [0.1, 0.15) is 20.7 Å². The Labute approximate surface area is 245 Å². The number of hydrogen-bond acceptors (Lipinski definition) is 6. The van der Waals surface area contributed by atoms with E-state index in [2.05, 4.69) is 5.10 Å². The highest BCUT2D eigenvalue weighted by molar-refractivity contribution is 7.90. The highest BCUT2D eigenvalue weighted by Gasteiger charge is 2.25. The molecule has 43 heavy (non-hydrogen) atoms. The lowest BCUT2D eigenvalue weighted by Crippen LogP contribution is -2.14. The zero-order valence-electron chi connectivity index (χ0n) is 22.6. The van der Waals surface area contributed by atoms with E-state index in [4.69, 9.17) is 4.74 Å². The number of ether oxygens (including phenoxy) is 1. The summed E-state index contributed by atoms with van der Waals surface area (Å²) in [6, 6.07) is 21.2. The Morgan fingerprint density at radius 2 is 1.16 bits per heavy atom. The van der Waals surface area contributed by atoms with E-state index < -0.39 is 45.5 Å². The number of carbonyl (C=O) groups is 2. The average Bonchev–Trinajstić information content (AvgIpc) is 3.34. The SMILES string of the molecule is CS(=O)(=O)c1ccc(-c2c(OCC(=O)c3ccc(F)cc3)nn(CC(=O)c3ccc(F)cc3)c2-c2ccc(F)cc2)cc1. The number of benzene rings is 4. The summed E-state index contributed by atoms with van der Waals surface area (Å²) >= 11 is 0. The molecule has 4 aromatic carbocycles. The lowest BCUT2D eigenvalue weighted by atomic mass is 10.0. The van der Waals surface area contributed by atoms with Crippen molar-refractivity contribution in [1.29, 1.82) is 0 Å². The summed E-state index contributed by atoms with van der Waals surface area (Å²) < 4.78 is 72.1. The van der Waals surface area contributed by atoms with Crippen molar-refractivity contribution in [2.24, 2.45) is 0 Å². The second kappa shape index (κ2) is 12.1. The van der Waals surface area contributed by atoms with Crippen LogP contribution in [0.25, 0.3) is 22.4 Å². The van der Waals surface area contributed by atoms with Crippen LogP contribution in [-0.4, -0.2) is 42.6 Å². The Hall–Kier alpha value is -5.03. The lowest BCUT2D eigenvalue weighted by molar-refractivity contribution is 0.0913. The fourth-order valence-corrected chi connectivity index (χ4v) is 5.03. The highest BCUT2D eigenvalue weighted by atomic mass is 32.2. The fourth-order valence-electron chi connectivity index (χ4n) is 4.40. The summed E-state index contributed by atoms with van der Waals surface area (Å²) in [6.45, 7) is -0.826. The zero-order chi connectivity index (χ0) is 30.7. The van der Waals surface area contributed by atoms with Crippen LogP contribution in [0.5, 0.6) is 5.88 Å². The second-order valence-electron chi connectivity index (χ2n) is 9.64. The van der Waals surface area contributed by atoms with Crippen molar-refractivity contribution in [3.63, 3.8) is 0 Å². The highest BCUT2D eigenvalue weighted by Crippen LogP contribution is 2.40. The van der Waals surface area contributed by atoms with Crippen molar-refractivity contribution < 1.29 is 35.9 Å². The summed E-state index contributed by atoms with van der Waals surface area (Å²) in [6.07, 6.45) is 1.07. The first-order valence-corrected chi connectivity index (χ1v) is 14.8. The van der Waals surface area contributed by atoms with Crippen LogP contribution in [0.4, 0.5) is 13.2 Å². The van der Waals surface area contributed by atoms with E-state index in [1.54, 1.807) is 0 Å². The van der Waals surface area contributed by atoms with Crippen molar-refractivity contribution in [2.45, 2.75) is 11.4 Å². The maximum Gasteiger partial charge on any atom is 0.241 e. The number of nitrogens with zero attached hydrogens (tertiary/aromatic N) is 2. The molecular formula is C32H23F3N2O5S. The van der Waals surface area contributed by atoms with Gasteiger partial charge in [-0.25, -0.2) is 21.6 Å². The number of sulfone groups is 1. The van der Waals surface area contributed by atoms with Gasteiger partial charge in [-0.1, -0.05) is 12.1 Å². The van der Waals surface area contributed by atoms with Crippen LogP contribution in [0.15, 0.2) is 102 Å². The summed E-state index contributed by atoms with van der Waals surface area (Å²) in [7, 11) is -3.52. The minimum Gasteiger partial charge on any atom is -0.468 e. The molecule has 0 saturated heterocycles. The van der Waals surface area contributed by atoms with E-state index in [-0.39, 0.29) is 28.4 Å². The van der Waals surface area contributed by atoms with Crippen LogP contribution in [0, 0.1) is 17.5 Å². The van der Waals surface area contributed by atoms with Gasteiger partial charge in [0.15, 0.2) is 28.0 Å². The molecule has 218 valence electrons. The molecule has 0 bridgehead atoms. The van der Waals surface area contributed by atoms with Crippen LogP contribution >= 0.6 is 0 Å². The number of rotatable bonds is 10. The van der Waals surface area contributed by atoms with Gasteiger partial charge in [-0.05, 0) is 90.5 Å². The normalized spacial score (nSPS) is 11.3. The van der Waals surface area contributed by atoms with E-state index >= 15 is 0 Å². The van der Waals surface area contributed by atoms with Gasteiger partial charge in [0.05, 0.1) is 16.2 Å². The molecule has 0 spiro atoms. The van der Waals surface area contributed by atoms with Crippen LogP contribution < -0.4 is 4.74 Å². The quantitative estimate of drug-likeness (QED) is 0.177. The first-order chi connectivity index (χ1) is 20.5. The number of ketones is 2. The van der Waals surface area contributed by atoms with Gasteiger partial charge in [0.2, 0.25) is 5.88 Å². The zero-order valence-corrected chi connectivity index (χ0v) is 23.4. The minimum atomic E-state index is -3.52. The van der Waals surface area contributed by atoms with Gasteiger partial charge < -0.3 is 4.74 Å². The van der Waals surface area contributed by atoms with E-state index in [1.807, 2.05) is 0 Å². The van der Waals surface area contributed by atoms with E-state index in [9.17, 15) is 31.2 Å². The molecule has 0 fully saturated rings. The molecule has 5 rings (SSSR count). The third-order valence-electron chi connectivity index (χ3n) is 6.57. The molecule has 0 aliphatic heterocycles. The third-order valence-corrected chi connectivity index (χ3v) is 7.70. The van der Waals surface area contributed by atoms with Crippen molar-refractivity contribution in [1.82, 2.24) is 9.78 Å². The fraction of sp³-hybridized carbons (Fsp3) is 0.0938. The topological polar surface area (TPSA) is 95.3 Å². The minimum absolute atomic E-state index is 0.0613. The number of carbonyl (C=O) groups excluding carboxylic acids is 2. The third kappa shape index (κ3) is 6.73. The molecule has 0 aliphatic rings. The molecule has 0 N–H and O–H groups in total. The molecule has 1 aromatic heterocycles. The lowest BCUT2D eigenvalue weighted by Gasteiger charge is -2.11. The maximum absolute atomic E-state index is 13.9. The smallest absolute Gasteiger partial charge is 0.241 e. The van der Waals surface area contributed by atoms with Crippen LogP contribution in [-0.2, 0) is 16.4 Å². The number of Topliss-reactive ketones (excluding diaryl/α,β-unsaturated/α-hetero) is 2. The molecule has 5 aromatic rings. The molecule has 0 atom stereocenters. The molecular weight excluding hydrogens is 581 g/mol. The predicted molar refractivity (Wildman–Crippen MR) is 153 cm³/mol. The number of halogens is 3. The molecule has 0 radical (unpaired) electrons. The molecule has 11 heteroatoms. The first-order valence-electron chi connectivity index (χ1n) is 12.9. The molecule has 0 saturated carbocycles. The monoisotopic (exact) mass is 604 g/mol. The van der Waals surface area contributed by atoms with Crippen molar-refractivity contribution in [3.05, 3.63) is 126 Å². The number of hydrogen-bond donors (Lipinski definition) is 0. The van der Waals surface area contributed by atoms with Gasteiger partial charge in [-0.2, -0.15) is 0 Å². The van der Waals surface area contributed by atoms with Gasteiger partial charge in [0.1, 0.15) is 24.0 Å². The Morgan fingerprint density at radius 3 is 1.67 bits per heavy atom.